The van der Waals surface area contributed by atoms with Gasteiger partial charge >= 0.3 is 5.97 Å². The Kier molecular flexibility index (Phi) is 5.44. The van der Waals surface area contributed by atoms with E-state index in [4.69, 9.17) is 20.3 Å². The van der Waals surface area contributed by atoms with E-state index in [9.17, 15) is 4.79 Å². The van der Waals surface area contributed by atoms with E-state index < -0.39 is 5.97 Å². The maximum atomic E-state index is 11.0. The molecule has 0 saturated heterocycles. The molecule has 0 unspecified atom stereocenters. The zero-order chi connectivity index (χ0) is 14.4. The zero-order valence-electron chi connectivity index (χ0n) is 11.5. The fourth-order valence-electron chi connectivity index (χ4n) is 1.60. The van der Waals surface area contributed by atoms with Gasteiger partial charge in [-0.1, -0.05) is 0 Å². The summed E-state index contributed by atoms with van der Waals surface area (Å²) in [5.41, 5.74) is 5.81. The lowest BCUT2D eigenvalue weighted by molar-refractivity contribution is 0.0697. The normalized spacial score (nSPS) is 10.5. The molecule has 0 aliphatic rings. The van der Waals surface area contributed by atoms with Crippen LogP contribution in [0.1, 0.15) is 16.8 Å². The van der Waals surface area contributed by atoms with E-state index in [1.54, 1.807) is 0 Å². The number of rotatable bonds is 7. The Bertz CT molecular complexity index is 447. The first-order chi connectivity index (χ1) is 8.95. The van der Waals surface area contributed by atoms with E-state index in [-0.39, 0.29) is 11.3 Å². The number of nitrogens with zero attached hydrogens (tertiary/aromatic N) is 1. The van der Waals surface area contributed by atoms with Crippen molar-refractivity contribution in [1.29, 1.82) is 0 Å². The summed E-state index contributed by atoms with van der Waals surface area (Å²) in [5, 5.41) is 9.02. The molecule has 3 N–H and O–H groups in total. The van der Waals surface area contributed by atoms with E-state index in [0.717, 1.165) is 13.0 Å². The number of carbonyl (C=O) groups is 1. The van der Waals surface area contributed by atoms with Crippen LogP contribution in [0, 0.1) is 0 Å². The first-order valence-corrected chi connectivity index (χ1v) is 5.94. The zero-order valence-corrected chi connectivity index (χ0v) is 11.5. The summed E-state index contributed by atoms with van der Waals surface area (Å²) >= 11 is 0. The van der Waals surface area contributed by atoms with E-state index in [1.165, 1.54) is 19.2 Å². The van der Waals surface area contributed by atoms with E-state index in [2.05, 4.69) is 0 Å². The topological polar surface area (TPSA) is 85.0 Å². The molecule has 0 fully saturated rings. The van der Waals surface area contributed by atoms with Crippen molar-refractivity contribution in [2.24, 2.45) is 0 Å². The van der Waals surface area contributed by atoms with Crippen LogP contribution in [0.25, 0.3) is 0 Å². The van der Waals surface area contributed by atoms with E-state index in [0.29, 0.717) is 18.1 Å². The standard InChI is InChI=1S/C13H20N2O4/c1-15(2)5-4-6-19-12-7-9(13(16)17)10(14)8-11(12)18-3/h7-8H,4-6,14H2,1-3H3,(H,16,17). The molecule has 6 nitrogen and oxygen atoms in total. The maximum Gasteiger partial charge on any atom is 0.337 e. The van der Waals surface area contributed by atoms with Crippen LogP contribution in [0.5, 0.6) is 11.5 Å². The molecule has 0 heterocycles. The average Bonchev–Trinajstić information content (AvgIpc) is 2.34. The largest absolute Gasteiger partial charge is 0.493 e. The van der Waals surface area contributed by atoms with Crippen molar-refractivity contribution in [2.45, 2.75) is 6.42 Å². The van der Waals surface area contributed by atoms with Crippen molar-refractivity contribution in [1.82, 2.24) is 4.90 Å². The number of hydrogen-bond acceptors (Lipinski definition) is 5. The molecule has 0 bridgehead atoms. The van der Waals surface area contributed by atoms with Gasteiger partial charge in [0.15, 0.2) is 11.5 Å². The van der Waals surface area contributed by atoms with Gasteiger partial charge in [-0.15, -0.1) is 0 Å². The second-order valence-electron chi connectivity index (χ2n) is 4.40. The summed E-state index contributed by atoms with van der Waals surface area (Å²) in [6.45, 7) is 1.38. The van der Waals surface area contributed by atoms with Gasteiger partial charge in [0.1, 0.15) is 0 Å². The minimum Gasteiger partial charge on any atom is -0.493 e. The summed E-state index contributed by atoms with van der Waals surface area (Å²) in [7, 11) is 5.44. The van der Waals surface area contributed by atoms with Gasteiger partial charge in [0.2, 0.25) is 0 Å². The predicted molar refractivity (Wildman–Crippen MR) is 73.0 cm³/mol. The molecule has 0 radical (unpaired) electrons. The number of ether oxygens (including phenoxy) is 2. The first kappa shape index (κ1) is 15.1. The summed E-state index contributed by atoms with van der Waals surface area (Å²) in [6, 6.07) is 2.86. The summed E-state index contributed by atoms with van der Waals surface area (Å²) in [4.78, 5) is 13.1. The van der Waals surface area contributed by atoms with Crippen LogP contribution in [0.2, 0.25) is 0 Å². The highest BCUT2D eigenvalue weighted by atomic mass is 16.5. The summed E-state index contributed by atoms with van der Waals surface area (Å²) in [6.07, 6.45) is 0.836. The molecule has 1 aromatic carbocycles. The van der Waals surface area contributed by atoms with Gasteiger partial charge in [-0.25, -0.2) is 4.79 Å². The number of carboxylic acid groups (broad SMARTS) is 1. The van der Waals surface area contributed by atoms with Crippen molar-refractivity contribution in [2.75, 3.05) is 40.1 Å². The van der Waals surface area contributed by atoms with Crippen LogP contribution in [0.15, 0.2) is 12.1 Å². The van der Waals surface area contributed by atoms with Gasteiger partial charge in [-0.3, -0.25) is 0 Å². The number of nitrogen functional groups attached to an aromatic ring is 1. The molecule has 19 heavy (non-hydrogen) atoms. The third-order valence-corrected chi connectivity index (χ3v) is 2.57. The van der Waals surface area contributed by atoms with Crippen LogP contribution >= 0.6 is 0 Å². The Hall–Kier alpha value is -1.95. The maximum absolute atomic E-state index is 11.0. The second kappa shape index (κ2) is 6.84. The fraction of sp³-hybridized carbons (Fsp3) is 0.462. The quantitative estimate of drug-likeness (QED) is 0.573. The monoisotopic (exact) mass is 268 g/mol. The Morgan fingerprint density at radius 2 is 2.05 bits per heavy atom. The lowest BCUT2D eigenvalue weighted by Crippen LogP contribution is -2.15. The van der Waals surface area contributed by atoms with Crippen molar-refractivity contribution < 1.29 is 19.4 Å². The van der Waals surface area contributed by atoms with Gasteiger partial charge in [-0.2, -0.15) is 0 Å². The molecular weight excluding hydrogens is 248 g/mol. The lowest BCUT2D eigenvalue weighted by atomic mass is 10.1. The number of hydrogen-bond donors (Lipinski definition) is 2. The molecule has 6 heteroatoms. The molecule has 0 aliphatic heterocycles. The molecule has 0 saturated carbocycles. The highest BCUT2D eigenvalue weighted by Gasteiger charge is 2.14. The van der Waals surface area contributed by atoms with Crippen LogP contribution in [-0.2, 0) is 0 Å². The third-order valence-electron chi connectivity index (χ3n) is 2.57. The van der Waals surface area contributed by atoms with Gasteiger partial charge < -0.3 is 25.2 Å². The Morgan fingerprint density at radius 3 is 2.58 bits per heavy atom. The Morgan fingerprint density at radius 1 is 1.37 bits per heavy atom. The number of nitrogens with two attached hydrogens (primary N) is 1. The number of methoxy groups -OCH3 is 1. The molecule has 1 aromatic rings. The molecule has 0 spiro atoms. The van der Waals surface area contributed by atoms with E-state index in [1.807, 2.05) is 19.0 Å². The van der Waals surface area contributed by atoms with Crippen LogP contribution in [-0.4, -0.2) is 50.3 Å². The van der Waals surface area contributed by atoms with Crippen LogP contribution < -0.4 is 15.2 Å². The van der Waals surface area contributed by atoms with E-state index >= 15 is 0 Å². The van der Waals surface area contributed by atoms with Gasteiger partial charge in [-0.05, 0) is 20.5 Å². The summed E-state index contributed by atoms with van der Waals surface area (Å²) < 4.78 is 10.7. The Labute approximate surface area is 112 Å². The third kappa shape index (κ3) is 4.33. The highest BCUT2D eigenvalue weighted by molar-refractivity contribution is 5.94. The number of benzene rings is 1. The minimum atomic E-state index is -1.08. The molecule has 0 atom stereocenters. The molecule has 0 aliphatic carbocycles. The average molecular weight is 268 g/mol. The first-order valence-electron chi connectivity index (χ1n) is 5.94. The fourth-order valence-corrected chi connectivity index (χ4v) is 1.60. The minimum absolute atomic E-state index is 0.0170. The Balaban J connectivity index is 2.80. The predicted octanol–water partition coefficient (Wildman–Crippen LogP) is 1.31. The second-order valence-corrected chi connectivity index (χ2v) is 4.40. The van der Waals surface area contributed by atoms with Gasteiger partial charge in [0, 0.05) is 18.7 Å². The lowest BCUT2D eigenvalue weighted by Gasteiger charge is -2.14. The molecule has 0 amide bonds. The van der Waals surface area contributed by atoms with Crippen molar-refractivity contribution >= 4 is 11.7 Å². The smallest absolute Gasteiger partial charge is 0.337 e. The van der Waals surface area contributed by atoms with Gasteiger partial charge in [0.05, 0.1) is 25.0 Å². The van der Waals surface area contributed by atoms with Gasteiger partial charge in [0.25, 0.3) is 0 Å². The SMILES string of the molecule is COc1cc(N)c(C(=O)O)cc1OCCCN(C)C. The molecule has 106 valence electrons. The van der Waals surface area contributed by atoms with Crippen LogP contribution in [0.3, 0.4) is 0 Å². The molecule has 1 rings (SSSR count). The molecular formula is C13H20N2O4. The molecule has 0 aromatic heterocycles. The van der Waals surface area contributed by atoms with Crippen molar-refractivity contribution in [3.8, 4) is 11.5 Å². The van der Waals surface area contributed by atoms with Crippen LogP contribution in [0.4, 0.5) is 5.69 Å². The number of anilines is 1. The van der Waals surface area contributed by atoms with Crippen molar-refractivity contribution in [3.05, 3.63) is 17.7 Å². The highest BCUT2D eigenvalue weighted by Crippen LogP contribution is 2.32. The summed E-state index contributed by atoms with van der Waals surface area (Å²) in [5.74, 6) is -0.251. The number of carboxylic acids is 1. The van der Waals surface area contributed by atoms with Crippen molar-refractivity contribution in [3.63, 3.8) is 0 Å². The number of aromatic carboxylic acids is 1.